The molecule has 52 valence electrons. The summed E-state index contributed by atoms with van der Waals surface area (Å²) in [7, 11) is 0. The molecular formula is C8H15N. The molecule has 0 aliphatic carbocycles. The molecule has 0 aliphatic rings. The summed E-state index contributed by atoms with van der Waals surface area (Å²) in [5.74, 6) is 0. The van der Waals surface area contributed by atoms with Crippen LogP contribution < -0.4 is 5.73 Å². The topological polar surface area (TPSA) is 26.0 Å². The minimum Gasteiger partial charge on any atom is -0.326 e. The van der Waals surface area contributed by atoms with E-state index in [1.54, 1.807) is 12.2 Å². The summed E-state index contributed by atoms with van der Waals surface area (Å²) in [6.07, 6.45) is 5.26. The van der Waals surface area contributed by atoms with Crippen LogP contribution in [0.25, 0.3) is 0 Å². The molecule has 9 heavy (non-hydrogen) atoms. The third kappa shape index (κ3) is 5.04. The lowest BCUT2D eigenvalue weighted by Gasteiger charge is -1.89. The minimum absolute atomic E-state index is 0. The summed E-state index contributed by atoms with van der Waals surface area (Å²) in [4.78, 5) is 0. The predicted molar refractivity (Wildman–Crippen MR) is 44.3 cm³/mol. The summed E-state index contributed by atoms with van der Waals surface area (Å²) in [6, 6.07) is 0. The van der Waals surface area contributed by atoms with Gasteiger partial charge in [0.25, 0.3) is 0 Å². The molecule has 0 radical (unpaired) electrons. The Bertz CT molecular complexity index is 112. The van der Waals surface area contributed by atoms with Gasteiger partial charge in [-0.25, -0.2) is 0 Å². The van der Waals surface area contributed by atoms with Crippen molar-refractivity contribution in [2.24, 2.45) is 5.73 Å². The standard InChI is InChI=1S/C7H11N.CH4/c1-3-5-7(4-2)6-8;/h3-5H,1-2,6,8H2;1H4/b7-5+;. The lowest BCUT2D eigenvalue weighted by Crippen LogP contribution is -1.99. The van der Waals surface area contributed by atoms with Gasteiger partial charge in [0.15, 0.2) is 0 Å². The monoisotopic (exact) mass is 125 g/mol. The molecule has 2 N–H and O–H groups in total. The van der Waals surface area contributed by atoms with Gasteiger partial charge < -0.3 is 5.73 Å². The average molecular weight is 125 g/mol. The zero-order valence-corrected chi connectivity index (χ0v) is 4.93. The van der Waals surface area contributed by atoms with Crippen LogP contribution in [0.5, 0.6) is 0 Å². The van der Waals surface area contributed by atoms with Crippen LogP contribution in [0.3, 0.4) is 0 Å². The van der Waals surface area contributed by atoms with Crippen molar-refractivity contribution in [2.45, 2.75) is 7.43 Å². The molecule has 0 unspecified atom stereocenters. The average Bonchev–Trinajstić information content (AvgIpc) is 1.83. The van der Waals surface area contributed by atoms with Gasteiger partial charge in [0.2, 0.25) is 0 Å². The molecule has 0 saturated heterocycles. The van der Waals surface area contributed by atoms with Crippen LogP contribution in [0, 0.1) is 0 Å². The van der Waals surface area contributed by atoms with Crippen LogP contribution in [0.1, 0.15) is 7.43 Å². The number of allylic oxidation sites excluding steroid dienone is 2. The van der Waals surface area contributed by atoms with Crippen molar-refractivity contribution in [1.29, 1.82) is 0 Å². The second kappa shape index (κ2) is 7.18. The second-order valence-electron chi connectivity index (χ2n) is 1.39. The molecule has 0 rings (SSSR count). The van der Waals surface area contributed by atoms with Gasteiger partial charge in [0, 0.05) is 6.54 Å². The predicted octanol–water partition coefficient (Wildman–Crippen LogP) is 1.88. The maximum Gasteiger partial charge on any atom is 0.0177 e. The van der Waals surface area contributed by atoms with E-state index >= 15 is 0 Å². The van der Waals surface area contributed by atoms with Crippen molar-refractivity contribution in [3.63, 3.8) is 0 Å². The van der Waals surface area contributed by atoms with Gasteiger partial charge in [0.1, 0.15) is 0 Å². The van der Waals surface area contributed by atoms with E-state index in [9.17, 15) is 0 Å². The Hall–Kier alpha value is -0.820. The van der Waals surface area contributed by atoms with Crippen LogP contribution in [0.4, 0.5) is 0 Å². The molecule has 0 aromatic carbocycles. The van der Waals surface area contributed by atoms with Crippen LogP contribution in [0.15, 0.2) is 37.0 Å². The Labute approximate surface area is 57.6 Å². The summed E-state index contributed by atoms with van der Waals surface area (Å²) in [5.41, 5.74) is 6.30. The van der Waals surface area contributed by atoms with E-state index in [0.717, 1.165) is 5.57 Å². The van der Waals surface area contributed by atoms with Crippen molar-refractivity contribution in [3.8, 4) is 0 Å². The molecule has 0 atom stereocenters. The van der Waals surface area contributed by atoms with Gasteiger partial charge in [-0.2, -0.15) is 0 Å². The molecule has 0 aromatic rings. The molecule has 0 saturated carbocycles. The van der Waals surface area contributed by atoms with Gasteiger partial charge in [-0.15, -0.1) is 0 Å². The van der Waals surface area contributed by atoms with Crippen molar-refractivity contribution >= 4 is 0 Å². The summed E-state index contributed by atoms with van der Waals surface area (Å²) in [6.45, 7) is 7.61. The molecule has 0 spiro atoms. The van der Waals surface area contributed by atoms with Crippen LogP contribution in [-0.2, 0) is 0 Å². The first kappa shape index (κ1) is 11.0. The molecule has 0 fully saturated rings. The van der Waals surface area contributed by atoms with Crippen molar-refractivity contribution in [2.75, 3.05) is 6.54 Å². The zero-order chi connectivity index (χ0) is 6.41. The fraction of sp³-hybridized carbons (Fsp3) is 0.250. The maximum absolute atomic E-state index is 5.28. The van der Waals surface area contributed by atoms with Crippen molar-refractivity contribution in [3.05, 3.63) is 37.0 Å². The molecule has 0 aliphatic heterocycles. The van der Waals surface area contributed by atoms with Crippen LogP contribution in [0.2, 0.25) is 0 Å². The Balaban J connectivity index is 0. The third-order valence-electron chi connectivity index (χ3n) is 0.830. The van der Waals surface area contributed by atoms with Gasteiger partial charge in [-0.1, -0.05) is 38.8 Å². The zero-order valence-electron chi connectivity index (χ0n) is 4.93. The normalized spacial score (nSPS) is 9.67. The molecule has 1 nitrogen and oxygen atoms in total. The van der Waals surface area contributed by atoms with Crippen molar-refractivity contribution < 1.29 is 0 Å². The lowest BCUT2D eigenvalue weighted by atomic mass is 10.2. The Morgan fingerprint density at radius 2 is 2.00 bits per heavy atom. The quantitative estimate of drug-likeness (QED) is 0.572. The van der Waals surface area contributed by atoms with Crippen LogP contribution >= 0.6 is 0 Å². The highest BCUT2D eigenvalue weighted by molar-refractivity contribution is 5.21. The molecule has 0 bridgehead atoms. The largest absolute Gasteiger partial charge is 0.326 e. The summed E-state index contributed by atoms with van der Waals surface area (Å²) in [5, 5.41) is 0. The Kier molecular flexibility index (Phi) is 8.81. The van der Waals surface area contributed by atoms with E-state index in [0.29, 0.717) is 6.54 Å². The highest BCUT2D eigenvalue weighted by Gasteiger charge is 1.79. The first-order valence-corrected chi connectivity index (χ1v) is 2.49. The minimum atomic E-state index is 0. The number of hydrogen-bond donors (Lipinski definition) is 1. The Morgan fingerprint density at radius 1 is 1.44 bits per heavy atom. The molecule has 0 heterocycles. The van der Waals surface area contributed by atoms with E-state index in [2.05, 4.69) is 13.2 Å². The van der Waals surface area contributed by atoms with E-state index < -0.39 is 0 Å². The first-order valence-electron chi connectivity index (χ1n) is 2.49. The van der Waals surface area contributed by atoms with E-state index in [1.165, 1.54) is 0 Å². The Morgan fingerprint density at radius 3 is 2.11 bits per heavy atom. The van der Waals surface area contributed by atoms with E-state index in [4.69, 9.17) is 5.73 Å². The first-order chi connectivity index (χ1) is 3.85. The summed E-state index contributed by atoms with van der Waals surface area (Å²) >= 11 is 0. The van der Waals surface area contributed by atoms with Crippen molar-refractivity contribution in [1.82, 2.24) is 0 Å². The lowest BCUT2D eigenvalue weighted by molar-refractivity contribution is 1.19. The molecule has 0 aromatic heterocycles. The second-order valence-corrected chi connectivity index (χ2v) is 1.39. The fourth-order valence-electron chi connectivity index (χ4n) is 0.371. The molecule has 0 amide bonds. The van der Waals surface area contributed by atoms with Gasteiger partial charge in [0.05, 0.1) is 0 Å². The summed E-state index contributed by atoms with van der Waals surface area (Å²) < 4.78 is 0. The highest BCUT2D eigenvalue weighted by Crippen LogP contribution is 1.90. The highest BCUT2D eigenvalue weighted by atomic mass is 14.5. The number of rotatable bonds is 3. The van der Waals surface area contributed by atoms with Gasteiger partial charge in [-0.05, 0) is 5.57 Å². The SMILES string of the molecule is C.C=C/C=C(\C=C)CN. The number of hydrogen-bond acceptors (Lipinski definition) is 1. The van der Waals surface area contributed by atoms with E-state index in [1.807, 2.05) is 6.08 Å². The number of nitrogens with two attached hydrogens (primary N) is 1. The van der Waals surface area contributed by atoms with Gasteiger partial charge >= 0.3 is 0 Å². The smallest absolute Gasteiger partial charge is 0.0177 e. The molecular weight excluding hydrogens is 110 g/mol. The van der Waals surface area contributed by atoms with E-state index in [-0.39, 0.29) is 7.43 Å². The molecule has 1 heteroatoms. The van der Waals surface area contributed by atoms with Gasteiger partial charge in [-0.3, -0.25) is 0 Å². The van der Waals surface area contributed by atoms with Crippen LogP contribution in [-0.4, -0.2) is 6.54 Å². The third-order valence-corrected chi connectivity index (χ3v) is 0.830. The maximum atomic E-state index is 5.28. The fourth-order valence-corrected chi connectivity index (χ4v) is 0.371.